The van der Waals surface area contributed by atoms with Crippen LogP contribution in [-0.2, 0) is 0 Å². The van der Waals surface area contributed by atoms with Gasteiger partial charge in [-0.3, -0.25) is 15.0 Å². The highest BCUT2D eigenvalue weighted by Crippen LogP contribution is 2.46. The fourth-order valence-corrected chi connectivity index (χ4v) is 8.75. The van der Waals surface area contributed by atoms with E-state index in [1.165, 1.54) is 39.1 Å². The second kappa shape index (κ2) is 12.4. The van der Waals surface area contributed by atoms with Crippen LogP contribution in [0.25, 0.3) is 0 Å². The number of fused-ring (bicyclic) bond motifs is 1. The number of hydrogen-bond acceptors (Lipinski definition) is 3. The maximum absolute atomic E-state index is 5.48. The largest absolute Gasteiger partial charge is 0.256 e. The van der Waals surface area contributed by atoms with E-state index in [2.05, 4.69) is 158 Å². The third-order valence-electron chi connectivity index (χ3n) is 11.0. The lowest BCUT2D eigenvalue weighted by molar-refractivity contribution is 0.876. The topological polar surface area (TPSA) is 37.1 Å². The van der Waals surface area contributed by atoms with Crippen molar-refractivity contribution in [3.05, 3.63) is 219 Å². The third kappa shape index (κ3) is 5.15. The molecular formula is C48H37N3. The Bertz CT molecular complexity index is 2400. The van der Waals surface area contributed by atoms with Gasteiger partial charge in [0.2, 0.25) is 0 Å². The van der Waals surface area contributed by atoms with Crippen LogP contribution in [0.15, 0.2) is 195 Å². The third-order valence-corrected chi connectivity index (χ3v) is 11.0. The van der Waals surface area contributed by atoms with Crippen LogP contribution in [0.3, 0.4) is 0 Å². The average Bonchev–Trinajstić information content (AvgIpc) is 3.91. The quantitative estimate of drug-likeness (QED) is 0.175. The van der Waals surface area contributed by atoms with Crippen molar-refractivity contribution in [3.63, 3.8) is 0 Å². The number of rotatable bonds is 6. The number of hydrogen-bond donors (Lipinski definition) is 0. The van der Waals surface area contributed by atoms with Gasteiger partial charge in [0.15, 0.2) is 0 Å². The van der Waals surface area contributed by atoms with Crippen LogP contribution < -0.4 is 0 Å². The van der Waals surface area contributed by atoms with Crippen molar-refractivity contribution in [2.45, 2.75) is 43.4 Å². The zero-order valence-electron chi connectivity index (χ0n) is 28.4. The molecule has 3 unspecified atom stereocenters. The number of allylic oxidation sites excluding steroid dienone is 7. The molecule has 3 aliphatic heterocycles. The first-order valence-electron chi connectivity index (χ1n) is 18.2. The van der Waals surface area contributed by atoms with Gasteiger partial charge >= 0.3 is 0 Å². The number of aliphatic imine (C=N–C) groups is 3. The van der Waals surface area contributed by atoms with Crippen molar-refractivity contribution in [3.8, 4) is 0 Å². The molecule has 51 heavy (non-hydrogen) atoms. The summed E-state index contributed by atoms with van der Waals surface area (Å²) in [5, 5.41) is 0. The lowest BCUT2D eigenvalue weighted by atomic mass is 9.79. The lowest BCUT2D eigenvalue weighted by Crippen LogP contribution is -2.19. The van der Waals surface area contributed by atoms with Crippen LogP contribution in [0, 0.1) is 0 Å². The second-order valence-electron chi connectivity index (χ2n) is 14.1. The molecule has 3 heterocycles. The molecule has 5 aliphatic rings. The van der Waals surface area contributed by atoms with Crippen molar-refractivity contribution in [1.29, 1.82) is 0 Å². The molecule has 0 radical (unpaired) electrons. The normalized spacial score (nSPS) is 21.6. The van der Waals surface area contributed by atoms with E-state index < -0.39 is 0 Å². The van der Waals surface area contributed by atoms with Gasteiger partial charge in [-0.15, -0.1) is 0 Å². The highest BCUT2D eigenvalue weighted by molar-refractivity contribution is 6.18. The monoisotopic (exact) mass is 655 g/mol. The van der Waals surface area contributed by atoms with E-state index in [1.54, 1.807) is 0 Å². The molecule has 3 nitrogen and oxygen atoms in total. The van der Waals surface area contributed by atoms with Gasteiger partial charge in [-0.1, -0.05) is 127 Å². The van der Waals surface area contributed by atoms with Gasteiger partial charge in [0.1, 0.15) is 0 Å². The molecule has 2 aliphatic carbocycles. The van der Waals surface area contributed by atoms with Crippen LogP contribution in [-0.4, -0.2) is 17.1 Å². The Morgan fingerprint density at radius 3 is 1.67 bits per heavy atom. The molecule has 0 bridgehead atoms. The van der Waals surface area contributed by atoms with Gasteiger partial charge < -0.3 is 0 Å². The molecule has 5 aromatic rings. The van der Waals surface area contributed by atoms with Gasteiger partial charge in [0, 0.05) is 5.70 Å². The fraction of sp³-hybridized carbons (Fsp3) is 0.146. The molecule has 0 spiro atoms. The summed E-state index contributed by atoms with van der Waals surface area (Å²) < 4.78 is 0. The van der Waals surface area contributed by atoms with Gasteiger partial charge in [-0.25, -0.2) is 0 Å². The Morgan fingerprint density at radius 2 is 0.980 bits per heavy atom. The maximum atomic E-state index is 5.48. The summed E-state index contributed by atoms with van der Waals surface area (Å²) in [6.07, 6.45) is 13.2. The molecular weight excluding hydrogens is 619 g/mol. The van der Waals surface area contributed by atoms with Crippen LogP contribution in [0.4, 0.5) is 5.69 Å². The minimum atomic E-state index is 0.0277. The maximum Gasteiger partial charge on any atom is 0.0675 e. The van der Waals surface area contributed by atoms with Crippen LogP contribution in [0.5, 0.6) is 0 Å². The first kappa shape index (κ1) is 29.9. The summed E-state index contributed by atoms with van der Waals surface area (Å²) in [6, 6.07) is 48.4. The Balaban J connectivity index is 1.19. The lowest BCUT2D eigenvalue weighted by Gasteiger charge is -2.23. The molecule has 10 rings (SSSR count). The van der Waals surface area contributed by atoms with E-state index in [4.69, 9.17) is 15.0 Å². The molecule has 0 N–H and O–H groups in total. The summed E-state index contributed by atoms with van der Waals surface area (Å²) in [5.41, 5.74) is 17.9. The number of para-hydroxylation sites is 1. The fourth-order valence-electron chi connectivity index (χ4n) is 8.75. The standard InChI is InChI=1S/C48H37N3/c1-4-16-31(17-5-1)43-37-22-10-13-25-40(37)49-46(43)34-28-35(47-44(32-18-6-2-7-19-32)38-23-11-14-26-41(38)50-47)30-36(29-34)48-45(33-20-8-3-9-21-33)39-24-12-15-27-42(39)51-48/h1-11,13,15-23,25,27-30,43-45H,12,14,24,26H2. The minimum Gasteiger partial charge on any atom is -0.256 e. The van der Waals surface area contributed by atoms with E-state index in [9.17, 15) is 0 Å². The summed E-state index contributed by atoms with van der Waals surface area (Å²) in [7, 11) is 0. The molecule has 0 fully saturated rings. The van der Waals surface area contributed by atoms with Crippen molar-refractivity contribution < 1.29 is 0 Å². The van der Waals surface area contributed by atoms with E-state index >= 15 is 0 Å². The number of benzene rings is 5. The summed E-state index contributed by atoms with van der Waals surface area (Å²) in [5.74, 6) is 0.199. The second-order valence-corrected chi connectivity index (χ2v) is 14.1. The zero-order valence-corrected chi connectivity index (χ0v) is 28.4. The Kier molecular flexibility index (Phi) is 7.30. The molecule has 0 aromatic heterocycles. The van der Waals surface area contributed by atoms with E-state index in [1.807, 2.05) is 0 Å². The minimum absolute atomic E-state index is 0.0277. The van der Waals surface area contributed by atoms with Crippen LogP contribution in [0.2, 0.25) is 0 Å². The predicted molar refractivity (Wildman–Crippen MR) is 210 cm³/mol. The Morgan fingerprint density at radius 1 is 0.451 bits per heavy atom. The van der Waals surface area contributed by atoms with Gasteiger partial charge in [-0.2, -0.15) is 0 Å². The van der Waals surface area contributed by atoms with Gasteiger partial charge in [0.05, 0.1) is 46.3 Å². The summed E-state index contributed by atoms with van der Waals surface area (Å²) in [6.45, 7) is 0. The Labute approximate surface area is 299 Å². The number of nitrogens with zero attached hydrogens (tertiary/aromatic N) is 3. The molecule has 5 aromatic carbocycles. The van der Waals surface area contributed by atoms with Crippen molar-refractivity contribution in [2.24, 2.45) is 15.0 Å². The Hall–Kier alpha value is -5.93. The van der Waals surface area contributed by atoms with Crippen LogP contribution >= 0.6 is 0 Å². The van der Waals surface area contributed by atoms with E-state index in [-0.39, 0.29) is 17.8 Å². The molecule has 3 atom stereocenters. The first-order valence-corrected chi connectivity index (χ1v) is 18.2. The highest BCUT2D eigenvalue weighted by atomic mass is 14.8. The molecule has 3 heteroatoms. The smallest absolute Gasteiger partial charge is 0.0675 e. The highest BCUT2D eigenvalue weighted by Gasteiger charge is 2.37. The van der Waals surface area contributed by atoms with Gasteiger partial charge in [-0.05, 0) is 106 Å². The first-order chi connectivity index (χ1) is 25.3. The average molecular weight is 656 g/mol. The zero-order chi connectivity index (χ0) is 33.7. The molecule has 0 amide bonds. The summed E-state index contributed by atoms with van der Waals surface area (Å²) in [4.78, 5) is 16.3. The van der Waals surface area contributed by atoms with Crippen molar-refractivity contribution in [2.75, 3.05) is 0 Å². The summed E-state index contributed by atoms with van der Waals surface area (Å²) >= 11 is 0. The van der Waals surface area contributed by atoms with Crippen LogP contribution in [0.1, 0.15) is 82.4 Å². The van der Waals surface area contributed by atoms with Crippen molar-refractivity contribution in [1.82, 2.24) is 0 Å². The van der Waals surface area contributed by atoms with Crippen molar-refractivity contribution >= 4 is 22.8 Å². The SMILES string of the molecule is C1=CC2=C(CC1)N=C(c1cc(C3=NC4=C(CCC=C4)C3c3ccccc3)cc(C3=Nc4ccccc4C3c3ccccc3)c1)C2c1ccccc1. The van der Waals surface area contributed by atoms with Gasteiger partial charge in [0.25, 0.3) is 0 Å². The molecule has 0 saturated carbocycles. The predicted octanol–water partition coefficient (Wildman–Crippen LogP) is 11.3. The molecule has 0 saturated heterocycles. The van der Waals surface area contributed by atoms with E-state index in [0.717, 1.165) is 70.9 Å². The molecule has 244 valence electrons. The van der Waals surface area contributed by atoms with E-state index in [0.29, 0.717) is 0 Å².